The summed E-state index contributed by atoms with van der Waals surface area (Å²) < 4.78 is 13.8. The van der Waals surface area contributed by atoms with Gasteiger partial charge in [0.25, 0.3) is 11.5 Å². The van der Waals surface area contributed by atoms with Crippen LogP contribution in [0.3, 0.4) is 0 Å². The predicted octanol–water partition coefficient (Wildman–Crippen LogP) is 5.62. The molecule has 0 unspecified atom stereocenters. The Morgan fingerprint density at radius 3 is 2.36 bits per heavy atom. The molecule has 7 rings (SSSR count). The predicted molar refractivity (Wildman–Crippen MR) is 185 cm³/mol. The van der Waals surface area contributed by atoms with Crippen LogP contribution in [0.5, 0.6) is 5.75 Å². The number of carbonyl (C=O) groups is 2. The summed E-state index contributed by atoms with van der Waals surface area (Å²) in [6.07, 6.45) is 0. The van der Waals surface area contributed by atoms with Crippen molar-refractivity contribution in [3.63, 3.8) is 0 Å². The van der Waals surface area contributed by atoms with E-state index in [0.717, 1.165) is 27.1 Å². The van der Waals surface area contributed by atoms with Gasteiger partial charge < -0.3 is 14.4 Å². The van der Waals surface area contributed by atoms with Crippen LogP contribution in [0.25, 0.3) is 11.3 Å². The van der Waals surface area contributed by atoms with Gasteiger partial charge in [0.15, 0.2) is 4.80 Å². The van der Waals surface area contributed by atoms with Gasteiger partial charge in [0.1, 0.15) is 16.3 Å². The molecular weight excluding hydrogens is 678 g/mol. The second kappa shape index (κ2) is 12.6. The second-order valence-corrected chi connectivity index (χ2v) is 12.8. The highest BCUT2D eigenvalue weighted by atomic mass is 79.9. The zero-order valence-electron chi connectivity index (χ0n) is 25.5. The van der Waals surface area contributed by atoms with Crippen molar-refractivity contribution >= 4 is 56.1 Å². The average molecular weight is 707 g/mol. The fourth-order valence-electron chi connectivity index (χ4n) is 6.13. The Kier molecular flexibility index (Phi) is 8.21. The zero-order chi connectivity index (χ0) is 32.7. The van der Waals surface area contributed by atoms with Crippen LogP contribution in [0.15, 0.2) is 123 Å². The van der Waals surface area contributed by atoms with E-state index in [1.807, 2.05) is 97.1 Å². The third kappa shape index (κ3) is 5.33. The molecule has 0 fully saturated rings. The lowest BCUT2D eigenvalue weighted by atomic mass is 9.92. The van der Waals surface area contributed by atoms with Crippen molar-refractivity contribution in [2.75, 3.05) is 18.6 Å². The van der Waals surface area contributed by atoms with Crippen LogP contribution in [-0.2, 0) is 20.9 Å². The highest BCUT2D eigenvalue weighted by molar-refractivity contribution is 9.10. The maximum atomic E-state index is 14.8. The van der Waals surface area contributed by atoms with E-state index in [4.69, 9.17) is 14.5 Å². The van der Waals surface area contributed by atoms with Crippen molar-refractivity contribution in [2.24, 2.45) is 4.99 Å². The minimum absolute atomic E-state index is 0.129. The van der Waals surface area contributed by atoms with Gasteiger partial charge in [-0.15, -0.1) is 0 Å². The number of carbonyl (C=O) groups excluding carboxylic acids is 2. The molecule has 0 radical (unpaired) electrons. The molecule has 1 aromatic heterocycles. The summed E-state index contributed by atoms with van der Waals surface area (Å²) in [5, 5.41) is 0. The number of amides is 1. The van der Waals surface area contributed by atoms with Crippen molar-refractivity contribution in [3.8, 4) is 5.75 Å². The van der Waals surface area contributed by atoms with Crippen molar-refractivity contribution in [2.45, 2.75) is 19.5 Å². The zero-order valence-corrected chi connectivity index (χ0v) is 27.9. The second-order valence-electron chi connectivity index (χ2n) is 10.9. The molecule has 0 saturated carbocycles. The summed E-state index contributed by atoms with van der Waals surface area (Å²) in [6.45, 7) is 2.21. The number of aromatic nitrogens is 1. The van der Waals surface area contributed by atoms with Crippen LogP contribution < -0.4 is 24.5 Å². The van der Waals surface area contributed by atoms with Gasteiger partial charge in [-0.2, -0.15) is 0 Å². The molecule has 234 valence electrons. The summed E-state index contributed by atoms with van der Waals surface area (Å²) in [7, 11) is 1.54. The van der Waals surface area contributed by atoms with E-state index in [-0.39, 0.29) is 22.6 Å². The SMILES string of the molecule is CCOC(=O)C1=C(c2ccccc2)N=c2s/c(=C3/C(=O)N(Cc4ccccc4)c4ccccc43)c(=O)n2[C@H]1c1cc(Br)ccc1OC. The first-order valence-corrected chi connectivity index (χ1v) is 16.6. The van der Waals surface area contributed by atoms with Gasteiger partial charge in [0, 0.05) is 21.2 Å². The lowest BCUT2D eigenvalue weighted by Crippen LogP contribution is -2.41. The van der Waals surface area contributed by atoms with Gasteiger partial charge in [-0.1, -0.05) is 106 Å². The number of thiazole rings is 1. The Hall–Kier alpha value is -5.06. The molecule has 5 aromatic rings. The van der Waals surface area contributed by atoms with Crippen LogP contribution >= 0.6 is 27.3 Å². The van der Waals surface area contributed by atoms with Crippen LogP contribution in [0.2, 0.25) is 0 Å². The van der Waals surface area contributed by atoms with E-state index < -0.39 is 17.6 Å². The molecule has 0 spiro atoms. The molecule has 4 aromatic carbocycles. The normalized spacial score (nSPS) is 16.4. The minimum atomic E-state index is -0.963. The summed E-state index contributed by atoms with van der Waals surface area (Å²) in [5.41, 5.74) is 4.07. The minimum Gasteiger partial charge on any atom is -0.496 e. The third-order valence-electron chi connectivity index (χ3n) is 8.17. The lowest BCUT2D eigenvalue weighted by molar-refractivity contribution is -0.138. The van der Waals surface area contributed by atoms with Gasteiger partial charge in [-0.3, -0.25) is 14.2 Å². The standard InChI is InChI=1S/C37H28BrN3O5S/c1-3-46-36(44)30-31(23-14-8-5-9-15-23)39-37-41(32(30)26-20-24(38)18-19-28(26)45-2)35(43)33(47-37)29-25-16-10-11-17-27(25)40(34(29)42)21-22-12-6-4-7-13-22/h4-20,32H,3,21H2,1-2H3/b33-29+/t32-/m0/s1. The van der Waals surface area contributed by atoms with Gasteiger partial charge in [0.2, 0.25) is 0 Å². The number of para-hydroxylation sites is 1. The Balaban J connectivity index is 1.54. The number of hydrogen-bond donors (Lipinski definition) is 0. The van der Waals surface area contributed by atoms with E-state index in [9.17, 15) is 14.4 Å². The van der Waals surface area contributed by atoms with E-state index in [2.05, 4.69) is 15.9 Å². The topological polar surface area (TPSA) is 90.2 Å². The summed E-state index contributed by atoms with van der Waals surface area (Å²) in [4.78, 5) is 49.9. The van der Waals surface area contributed by atoms with Gasteiger partial charge >= 0.3 is 5.97 Å². The number of hydrogen-bond acceptors (Lipinski definition) is 7. The Morgan fingerprint density at radius 1 is 0.936 bits per heavy atom. The number of methoxy groups -OCH3 is 1. The highest BCUT2D eigenvalue weighted by Gasteiger charge is 2.39. The van der Waals surface area contributed by atoms with Crippen LogP contribution in [0.1, 0.15) is 35.2 Å². The first-order valence-electron chi connectivity index (χ1n) is 15.0. The molecule has 0 aliphatic carbocycles. The number of rotatable bonds is 7. The maximum Gasteiger partial charge on any atom is 0.338 e. The van der Waals surface area contributed by atoms with Crippen molar-refractivity contribution in [1.29, 1.82) is 0 Å². The molecule has 2 aliphatic rings. The van der Waals surface area contributed by atoms with E-state index in [1.165, 1.54) is 4.57 Å². The van der Waals surface area contributed by atoms with Crippen molar-refractivity contribution < 1.29 is 19.1 Å². The molecule has 1 atom stereocenters. The molecule has 10 heteroatoms. The van der Waals surface area contributed by atoms with Gasteiger partial charge in [-0.25, -0.2) is 9.79 Å². The van der Waals surface area contributed by atoms with Crippen LogP contribution in [0, 0.1) is 0 Å². The molecule has 3 heterocycles. The lowest BCUT2D eigenvalue weighted by Gasteiger charge is -2.27. The summed E-state index contributed by atoms with van der Waals surface area (Å²) in [6, 6.07) is 31.0. The molecule has 0 N–H and O–H groups in total. The number of fused-ring (bicyclic) bond motifs is 2. The van der Waals surface area contributed by atoms with E-state index in [1.54, 1.807) is 25.0 Å². The van der Waals surface area contributed by atoms with E-state index >= 15 is 0 Å². The molecule has 0 saturated heterocycles. The number of halogens is 1. The first kappa shape index (κ1) is 30.6. The van der Waals surface area contributed by atoms with Crippen molar-refractivity contribution in [3.05, 3.63) is 155 Å². The Labute approximate surface area is 282 Å². The highest BCUT2D eigenvalue weighted by Crippen LogP contribution is 2.40. The fourth-order valence-corrected chi connectivity index (χ4v) is 7.60. The molecule has 8 nitrogen and oxygen atoms in total. The van der Waals surface area contributed by atoms with Gasteiger partial charge in [-0.05, 0) is 36.8 Å². The Bertz CT molecular complexity index is 2260. The number of ether oxygens (including phenoxy) is 2. The molecular formula is C37H28BrN3O5S. The van der Waals surface area contributed by atoms with Gasteiger partial charge in [0.05, 0.1) is 42.8 Å². The number of esters is 1. The largest absolute Gasteiger partial charge is 0.496 e. The van der Waals surface area contributed by atoms with Crippen LogP contribution in [0.4, 0.5) is 5.69 Å². The molecule has 47 heavy (non-hydrogen) atoms. The fraction of sp³-hybridized carbons (Fsp3) is 0.135. The average Bonchev–Trinajstić information content (AvgIpc) is 3.56. The number of nitrogens with zero attached hydrogens (tertiary/aromatic N) is 3. The number of benzene rings is 4. The first-order chi connectivity index (χ1) is 22.9. The third-order valence-corrected chi connectivity index (χ3v) is 9.72. The van der Waals surface area contributed by atoms with Crippen molar-refractivity contribution in [1.82, 2.24) is 4.57 Å². The quantitative estimate of drug-likeness (QED) is 0.205. The maximum absolute atomic E-state index is 14.8. The number of anilines is 1. The summed E-state index contributed by atoms with van der Waals surface area (Å²) >= 11 is 4.70. The van der Waals surface area contributed by atoms with E-state index in [0.29, 0.717) is 45.1 Å². The smallest absolute Gasteiger partial charge is 0.338 e. The molecule has 1 amide bonds. The Morgan fingerprint density at radius 2 is 1.64 bits per heavy atom. The molecule has 2 aliphatic heterocycles. The monoisotopic (exact) mass is 705 g/mol. The molecule has 0 bridgehead atoms. The summed E-state index contributed by atoms with van der Waals surface area (Å²) in [5.74, 6) is -0.398. The van der Waals surface area contributed by atoms with Crippen LogP contribution in [-0.4, -0.2) is 30.2 Å².